The fourth-order valence-electron chi connectivity index (χ4n) is 3.18. The van der Waals surface area contributed by atoms with Gasteiger partial charge in [0.2, 0.25) is 11.8 Å². The number of ether oxygens (including phenoxy) is 2. The predicted octanol–water partition coefficient (Wildman–Crippen LogP) is 3.18. The Morgan fingerprint density at radius 1 is 1.03 bits per heavy atom. The second-order valence-corrected chi connectivity index (χ2v) is 8.95. The van der Waals surface area contributed by atoms with Crippen LogP contribution < -0.4 is 10.1 Å². The molecular formula is C22H28N4O5S2. The summed E-state index contributed by atoms with van der Waals surface area (Å²) in [5, 5.41) is 5.19. The molecule has 11 heteroatoms. The summed E-state index contributed by atoms with van der Waals surface area (Å²) in [6, 6.07) is 7.64. The first-order chi connectivity index (χ1) is 16.0. The first-order valence-corrected chi connectivity index (χ1v) is 12.8. The van der Waals surface area contributed by atoms with Crippen LogP contribution in [0.2, 0.25) is 0 Å². The summed E-state index contributed by atoms with van der Waals surface area (Å²) in [4.78, 5) is 44.1. The Balaban J connectivity index is 1.38. The van der Waals surface area contributed by atoms with Gasteiger partial charge in [0.15, 0.2) is 5.13 Å². The molecule has 0 spiro atoms. The number of carbonyl (C=O) groups excluding carboxylic acids is 3. The van der Waals surface area contributed by atoms with Gasteiger partial charge in [0.05, 0.1) is 30.4 Å². The second kappa shape index (κ2) is 12.4. The Kier molecular flexibility index (Phi) is 9.37. The first kappa shape index (κ1) is 24.8. The summed E-state index contributed by atoms with van der Waals surface area (Å²) in [6.07, 6.45) is -0.344. The van der Waals surface area contributed by atoms with Crippen LogP contribution in [0.4, 0.5) is 9.93 Å². The number of thioether (sulfide) groups is 1. The smallest absolute Gasteiger partial charge is 0.409 e. The SMILES string of the molecule is CCOC(=O)N1CCN(C(=O)CSCC(=O)Nc2nc(-c3ccc(OCC)cc3)cs2)CC1. The van der Waals surface area contributed by atoms with E-state index >= 15 is 0 Å². The molecule has 0 aliphatic carbocycles. The van der Waals surface area contributed by atoms with Crippen molar-refractivity contribution in [2.45, 2.75) is 13.8 Å². The molecule has 0 saturated carbocycles. The fourth-order valence-corrected chi connectivity index (χ4v) is 4.64. The van der Waals surface area contributed by atoms with Gasteiger partial charge in [-0.15, -0.1) is 23.1 Å². The van der Waals surface area contributed by atoms with E-state index in [2.05, 4.69) is 10.3 Å². The number of thiazole rings is 1. The molecule has 1 aliphatic rings. The third kappa shape index (κ3) is 7.36. The molecule has 0 unspecified atom stereocenters. The Morgan fingerprint density at radius 2 is 1.73 bits per heavy atom. The van der Waals surface area contributed by atoms with Gasteiger partial charge in [0.1, 0.15) is 5.75 Å². The molecule has 1 aliphatic heterocycles. The third-order valence-electron chi connectivity index (χ3n) is 4.83. The zero-order valence-corrected chi connectivity index (χ0v) is 20.4. The number of hydrogen-bond donors (Lipinski definition) is 1. The summed E-state index contributed by atoms with van der Waals surface area (Å²) in [5.41, 5.74) is 1.72. The van der Waals surface area contributed by atoms with Gasteiger partial charge in [-0.3, -0.25) is 9.59 Å². The van der Waals surface area contributed by atoms with Crippen LogP contribution in [0.15, 0.2) is 29.6 Å². The maximum atomic E-state index is 12.4. The van der Waals surface area contributed by atoms with E-state index in [4.69, 9.17) is 9.47 Å². The molecular weight excluding hydrogens is 464 g/mol. The molecule has 2 heterocycles. The maximum Gasteiger partial charge on any atom is 0.409 e. The van der Waals surface area contributed by atoms with Gasteiger partial charge in [-0.05, 0) is 38.1 Å². The van der Waals surface area contributed by atoms with Crippen LogP contribution in [-0.4, -0.2) is 83.6 Å². The molecule has 1 N–H and O–H groups in total. The monoisotopic (exact) mass is 492 g/mol. The molecule has 1 fully saturated rings. The summed E-state index contributed by atoms with van der Waals surface area (Å²) in [7, 11) is 0. The number of benzene rings is 1. The lowest BCUT2D eigenvalue weighted by Crippen LogP contribution is -2.51. The van der Waals surface area contributed by atoms with Crippen molar-refractivity contribution in [2.24, 2.45) is 0 Å². The number of piperazine rings is 1. The molecule has 1 saturated heterocycles. The predicted molar refractivity (Wildman–Crippen MR) is 130 cm³/mol. The Labute approximate surface area is 201 Å². The van der Waals surface area contributed by atoms with Crippen molar-refractivity contribution < 1.29 is 23.9 Å². The van der Waals surface area contributed by atoms with Crippen molar-refractivity contribution in [1.82, 2.24) is 14.8 Å². The summed E-state index contributed by atoms with van der Waals surface area (Å²) in [5.74, 6) is 0.933. The molecule has 0 bridgehead atoms. The summed E-state index contributed by atoms with van der Waals surface area (Å²) < 4.78 is 10.4. The average Bonchev–Trinajstić information content (AvgIpc) is 3.28. The molecule has 0 radical (unpaired) electrons. The zero-order chi connectivity index (χ0) is 23.6. The second-order valence-electron chi connectivity index (χ2n) is 7.10. The topological polar surface area (TPSA) is 101 Å². The molecule has 3 amide bonds. The van der Waals surface area contributed by atoms with Crippen LogP contribution in [0.25, 0.3) is 11.3 Å². The van der Waals surface area contributed by atoms with Crippen molar-refractivity contribution in [3.8, 4) is 17.0 Å². The molecule has 3 rings (SSSR count). The Morgan fingerprint density at radius 3 is 2.39 bits per heavy atom. The maximum absolute atomic E-state index is 12.4. The molecule has 0 atom stereocenters. The number of amides is 3. The minimum Gasteiger partial charge on any atom is -0.494 e. The van der Waals surface area contributed by atoms with Crippen molar-refractivity contribution in [3.63, 3.8) is 0 Å². The van der Waals surface area contributed by atoms with Crippen LogP contribution in [0, 0.1) is 0 Å². The highest BCUT2D eigenvalue weighted by atomic mass is 32.2. The molecule has 33 heavy (non-hydrogen) atoms. The highest BCUT2D eigenvalue weighted by Gasteiger charge is 2.24. The first-order valence-electron chi connectivity index (χ1n) is 10.8. The highest BCUT2D eigenvalue weighted by molar-refractivity contribution is 8.00. The third-order valence-corrected chi connectivity index (χ3v) is 6.50. The molecule has 1 aromatic heterocycles. The normalized spacial score (nSPS) is 13.5. The average molecular weight is 493 g/mol. The summed E-state index contributed by atoms with van der Waals surface area (Å²) >= 11 is 2.62. The lowest BCUT2D eigenvalue weighted by Gasteiger charge is -2.34. The van der Waals surface area contributed by atoms with E-state index in [9.17, 15) is 14.4 Å². The van der Waals surface area contributed by atoms with Crippen molar-refractivity contribution in [3.05, 3.63) is 29.6 Å². The van der Waals surface area contributed by atoms with E-state index in [1.165, 1.54) is 23.1 Å². The number of hydrogen-bond acceptors (Lipinski definition) is 8. The molecule has 1 aromatic carbocycles. The quantitative estimate of drug-likeness (QED) is 0.574. The van der Waals surface area contributed by atoms with Gasteiger partial charge in [-0.25, -0.2) is 9.78 Å². The van der Waals surface area contributed by atoms with Crippen LogP contribution in [0.5, 0.6) is 5.75 Å². The Bertz CT molecular complexity index is 943. The van der Waals surface area contributed by atoms with Crippen molar-refractivity contribution in [1.29, 1.82) is 0 Å². The van der Waals surface area contributed by atoms with E-state index in [0.29, 0.717) is 44.5 Å². The number of carbonyl (C=O) groups is 3. The lowest BCUT2D eigenvalue weighted by atomic mass is 10.2. The zero-order valence-electron chi connectivity index (χ0n) is 18.7. The van der Waals surface area contributed by atoms with Gasteiger partial charge in [-0.2, -0.15) is 0 Å². The van der Waals surface area contributed by atoms with Crippen molar-refractivity contribution >= 4 is 46.1 Å². The lowest BCUT2D eigenvalue weighted by molar-refractivity contribution is -0.129. The highest BCUT2D eigenvalue weighted by Crippen LogP contribution is 2.26. The van der Waals surface area contributed by atoms with Gasteiger partial charge >= 0.3 is 6.09 Å². The van der Waals surface area contributed by atoms with Gasteiger partial charge in [-0.1, -0.05) is 0 Å². The van der Waals surface area contributed by atoms with Crippen molar-refractivity contribution in [2.75, 3.05) is 56.2 Å². The van der Waals surface area contributed by atoms with Gasteiger partial charge in [0, 0.05) is 37.1 Å². The van der Waals surface area contributed by atoms with Crippen LogP contribution >= 0.6 is 23.1 Å². The van der Waals surface area contributed by atoms with E-state index < -0.39 is 0 Å². The van der Waals surface area contributed by atoms with Crippen LogP contribution in [-0.2, 0) is 14.3 Å². The van der Waals surface area contributed by atoms with Crippen LogP contribution in [0.1, 0.15) is 13.8 Å². The van der Waals surface area contributed by atoms with E-state index in [1.54, 1.807) is 16.7 Å². The number of aromatic nitrogens is 1. The van der Waals surface area contributed by atoms with Crippen LogP contribution in [0.3, 0.4) is 0 Å². The standard InChI is InChI=1S/C22H28N4O5S2/c1-3-30-17-7-5-16(6-8-17)18-13-33-21(23-18)24-19(27)14-32-15-20(28)25-9-11-26(12-10-25)22(29)31-4-2/h5-8,13H,3-4,9-12,14-15H2,1-2H3,(H,23,24,27). The molecule has 9 nitrogen and oxygen atoms in total. The Hall–Kier alpha value is -2.79. The van der Waals surface area contributed by atoms with E-state index in [-0.39, 0.29) is 29.4 Å². The molecule has 2 aromatic rings. The number of anilines is 1. The summed E-state index contributed by atoms with van der Waals surface area (Å²) in [6.45, 7) is 6.50. The minimum absolute atomic E-state index is 0.0386. The number of nitrogens with one attached hydrogen (secondary N) is 1. The van der Waals surface area contributed by atoms with E-state index in [1.807, 2.05) is 36.6 Å². The van der Waals surface area contributed by atoms with Gasteiger partial charge in [0.25, 0.3) is 0 Å². The number of rotatable bonds is 9. The fraction of sp³-hybridized carbons (Fsp3) is 0.455. The number of nitrogens with zero attached hydrogens (tertiary/aromatic N) is 3. The minimum atomic E-state index is -0.344. The van der Waals surface area contributed by atoms with E-state index in [0.717, 1.165) is 17.0 Å². The largest absolute Gasteiger partial charge is 0.494 e. The molecule has 178 valence electrons. The van der Waals surface area contributed by atoms with Gasteiger partial charge < -0.3 is 24.6 Å².